The van der Waals surface area contributed by atoms with Crippen LogP contribution in [0, 0.1) is 20.2 Å². The number of carbonyl (C=O) groups excluding carboxylic acids is 2. The number of morpholine rings is 1. The van der Waals surface area contributed by atoms with E-state index in [1.165, 1.54) is 36.5 Å². The monoisotopic (exact) mass is 544 g/mol. The number of hydrogen-bond donors (Lipinski definition) is 2. The summed E-state index contributed by atoms with van der Waals surface area (Å²) < 4.78 is 7.35. The predicted octanol–water partition coefficient (Wildman–Crippen LogP) is 3.23. The normalized spacial score (nSPS) is 16.3. The minimum atomic E-state index is -0.647. The minimum absolute atomic E-state index is 0.0515. The van der Waals surface area contributed by atoms with Crippen LogP contribution >= 0.6 is 0 Å². The summed E-state index contributed by atoms with van der Waals surface area (Å²) in [5.74, 6) is -1.29. The molecular formula is C27H24N6O7. The Labute approximate surface area is 226 Å². The first-order valence-corrected chi connectivity index (χ1v) is 12.8. The van der Waals surface area contributed by atoms with Gasteiger partial charge in [-0.15, -0.1) is 0 Å². The maximum absolute atomic E-state index is 13.2. The second kappa shape index (κ2) is 10.0. The van der Waals surface area contributed by atoms with Gasteiger partial charge in [0.15, 0.2) is 0 Å². The number of carbonyl (C=O) groups is 2. The molecule has 2 amide bonds. The predicted molar refractivity (Wildman–Crippen MR) is 145 cm³/mol. The maximum Gasteiger partial charge on any atom is 0.270 e. The van der Waals surface area contributed by atoms with Crippen LogP contribution in [0.25, 0.3) is 33.0 Å². The van der Waals surface area contributed by atoms with E-state index < -0.39 is 21.7 Å². The Morgan fingerprint density at radius 1 is 0.850 bits per heavy atom. The zero-order valence-electron chi connectivity index (χ0n) is 21.2. The number of amides is 2. The number of nitrogens with one attached hydrogen (secondary N) is 2. The van der Waals surface area contributed by atoms with Crippen LogP contribution in [0.15, 0.2) is 48.8 Å². The van der Waals surface area contributed by atoms with Crippen molar-refractivity contribution in [2.45, 2.75) is 13.0 Å². The van der Waals surface area contributed by atoms with Crippen LogP contribution in [0.3, 0.4) is 0 Å². The third-order valence-corrected chi connectivity index (χ3v) is 7.40. The Balaban J connectivity index is 1.49. The van der Waals surface area contributed by atoms with Gasteiger partial charge < -0.3 is 14.3 Å². The third kappa shape index (κ3) is 4.40. The van der Waals surface area contributed by atoms with Crippen LogP contribution in [-0.2, 0) is 20.9 Å². The van der Waals surface area contributed by atoms with Crippen LogP contribution < -0.4 is 5.32 Å². The first-order valence-electron chi connectivity index (χ1n) is 12.8. The van der Waals surface area contributed by atoms with Crippen molar-refractivity contribution in [3.63, 3.8) is 0 Å². The average Bonchev–Trinajstić information content (AvgIpc) is 3.60. The number of non-ortho nitro benzene ring substituents is 2. The molecule has 1 fully saturated rings. The lowest BCUT2D eigenvalue weighted by Gasteiger charge is -2.26. The molecule has 13 nitrogen and oxygen atoms in total. The van der Waals surface area contributed by atoms with Gasteiger partial charge >= 0.3 is 0 Å². The number of nitrogens with zero attached hydrogens (tertiary/aromatic N) is 4. The molecule has 40 heavy (non-hydrogen) atoms. The quantitative estimate of drug-likeness (QED) is 0.194. The fourth-order valence-corrected chi connectivity index (χ4v) is 5.47. The molecule has 2 aliphatic rings. The van der Waals surface area contributed by atoms with E-state index >= 15 is 0 Å². The Morgan fingerprint density at radius 3 is 2.20 bits per heavy atom. The van der Waals surface area contributed by atoms with Gasteiger partial charge in [0.1, 0.15) is 0 Å². The number of aromatic amines is 1. The van der Waals surface area contributed by atoms with Crippen molar-refractivity contribution < 1.29 is 24.2 Å². The van der Waals surface area contributed by atoms with Gasteiger partial charge in [0.05, 0.1) is 34.2 Å². The van der Waals surface area contributed by atoms with Gasteiger partial charge in [-0.05, 0) is 18.6 Å². The molecule has 2 N–H and O–H groups in total. The number of aromatic nitrogens is 2. The molecule has 4 aromatic rings. The summed E-state index contributed by atoms with van der Waals surface area (Å²) in [6.07, 6.45) is 4.08. The minimum Gasteiger partial charge on any atom is -0.379 e. The molecule has 0 atom stereocenters. The summed E-state index contributed by atoms with van der Waals surface area (Å²) in [6, 6.07) is 8.71. The van der Waals surface area contributed by atoms with Gasteiger partial charge in [0.25, 0.3) is 23.2 Å². The highest BCUT2D eigenvalue weighted by atomic mass is 16.6. The summed E-state index contributed by atoms with van der Waals surface area (Å²) in [6.45, 7) is 4.51. The van der Waals surface area contributed by atoms with E-state index in [0.29, 0.717) is 52.7 Å². The van der Waals surface area contributed by atoms with Gasteiger partial charge in [0.2, 0.25) is 0 Å². The standard InChI is InChI=1S/C27H24N6O7/c34-26-24(20-14-28-22-4-2-16(32(36)37)12-18(20)22)25(27(35)29-26)21-15-31(7-1-6-30-8-10-40-11-9-30)23-5-3-17(33(38)39)13-19(21)23/h2-5,12-15,28H,1,6-11H2,(H,29,34,35). The molecule has 2 aliphatic heterocycles. The van der Waals surface area contributed by atoms with E-state index in [4.69, 9.17) is 4.74 Å². The molecule has 0 saturated carbocycles. The van der Waals surface area contributed by atoms with Gasteiger partial charge in [-0.3, -0.25) is 40.0 Å². The van der Waals surface area contributed by atoms with Crippen LogP contribution in [-0.4, -0.2) is 69.0 Å². The van der Waals surface area contributed by atoms with Gasteiger partial charge in [0, 0.05) is 95.8 Å². The molecule has 0 radical (unpaired) electrons. The third-order valence-electron chi connectivity index (χ3n) is 7.40. The van der Waals surface area contributed by atoms with Gasteiger partial charge in [-0.1, -0.05) is 0 Å². The largest absolute Gasteiger partial charge is 0.379 e. The summed E-state index contributed by atoms with van der Waals surface area (Å²) in [5, 5.41) is 26.2. The molecule has 0 unspecified atom stereocenters. The van der Waals surface area contributed by atoms with E-state index in [9.17, 15) is 29.8 Å². The molecule has 4 heterocycles. The number of imide groups is 1. The molecule has 2 aromatic carbocycles. The van der Waals surface area contributed by atoms with Crippen molar-refractivity contribution in [1.29, 1.82) is 0 Å². The van der Waals surface area contributed by atoms with E-state index in [-0.39, 0.29) is 22.5 Å². The highest BCUT2D eigenvalue weighted by molar-refractivity contribution is 6.50. The number of ether oxygens (including phenoxy) is 1. The summed E-state index contributed by atoms with van der Waals surface area (Å²) in [5.41, 5.74) is 1.77. The SMILES string of the molecule is O=C1NC(=O)C(c2cn(CCCN3CCOCC3)c3ccc([N+](=O)[O-])cc23)=C1c1c[nH]c2ccc([N+](=O)[O-])cc12. The van der Waals surface area contributed by atoms with Crippen LogP contribution in [0.2, 0.25) is 0 Å². The smallest absolute Gasteiger partial charge is 0.270 e. The number of rotatable bonds is 8. The Morgan fingerprint density at radius 2 is 1.50 bits per heavy atom. The topological polar surface area (TPSA) is 166 Å². The van der Waals surface area contributed by atoms with Crippen molar-refractivity contribution in [1.82, 2.24) is 19.8 Å². The van der Waals surface area contributed by atoms with E-state index in [2.05, 4.69) is 15.2 Å². The number of hydrogen-bond acceptors (Lipinski definition) is 8. The number of fused-ring (bicyclic) bond motifs is 2. The number of H-pyrrole nitrogens is 1. The zero-order valence-corrected chi connectivity index (χ0v) is 21.2. The number of nitro groups is 2. The lowest BCUT2D eigenvalue weighted by Crippen LogP contribution is -2.37. The van der Waals surface area contributed by atoms with E-state index in [1.54, 1.807) is 12.3 Å². The van der Waals surface area contributed by atoms with Gasteiger partial charge in [-0.2, -0.15) is 0 Å². The van der Waals surface area contributed by atoms with Crippen LogP contribution in [0.4, 0.5) is 11.4 Å². The highest BCUT2D eigenvalue weighted by Gasteiger charge is 2.35. The fraction of sp³-hybridized carbons (Fsp3) is 0.259. The summed E-state index contributed by atoms with van der Waals surface area (Å²) in [4.78, 5) is 53.6. The van der Waals surface area contributed by atoms with Crippen LogP contribution in [0.5, 0.6) is 0 Å². The highest BCUT2D eigenvalue weighted by Crippen LogP contribution is 2.39. The Kier molecular flexibility index (Phi) is 6.36. The number of benzene rings is 2. The first kappa shape index (κ1) is 25.4. The zero-order chi connectivity index (χ0) is 28.0. The van der Waals surface area contributed by atoms with E-state index in [1.807, 2.05) is 4.57 Å². The van der Waals surface area contributed by atoms with Crippen molar-refractivity contribution >= 4 is 56.1 Å². The summed E-state index contributed by atoms with van der Waals surface area (Å²) in [7, 11) is 0. The molecular weight excluding hydrogens is 520 g/mol. The summed E-state index contributed by atoms with van der Waals surface area (Å²) >= 11 is 0. The molecule has 204 valence electrons. The van der Waals surface area contributed by atoms with Crippen molar-refractivity contribution in [2.75, 3.05) is 32.8 Å². The molecule has 2 aromatic heterocycles. The average molecular weight is 545 g/mol. The van der Waals surface area contributed by atoms with E-state index in [0.717, 1.165) is 26.1 Å². The van der Waals surface area contributed by atoms with Crippen molar-refractivity contribution in [3.8, 4) is 0 Å². The second-order valence-corrected chi connectivity index (χ2v) is 9.72. The first-order chi connectivity index (χ1) is 19.3. The second-order valence-electron chi connectivity index (χ2n) is 9.72. The number of aryl methyl sites for hydroxylation is 1. The molecule has 0 bridgehead atoms. The lowest BCUT2D eigenvalue weighted by molar-refractivity contribution is -0.384. The molecule has 6 rings (SSSR count). The van der Waals surface area contributed by atoms with Crippen LogP contribution in [0.1, 0.15) is 17.5 Å². The molecule has 0 aliphatic carbocycles. The lowest BCUT2D eigenvalue weighted by atomic mass is 9.95. The Bertz CT molecular complexity index is 1740. The molecule has 1 saturated heterocycles. The molecule has 0 spiro atoms. The molecule has 13 heteroatoms. The van der Waals surface area contributed by atoms with Crippen molar-refractivity contribution in [2.24, 2.45) is 0 Å². The Hall–Kier alpha value is -4.88. The van der Waals surface area contributed by atoms with Crippen molar-refractivity contribution in [3.05, 3.63) is 80.1 Å². The fourth-order valence-electron chi connectivity index (χ4n) is 5.47. The maximum atomic E-state index is 13.2. The number of nitro benzene ring substituents is 2. The van der Waals surface area contributed by atoms with Gasteiger partial charge in [-0.25, -0.2) is 0 Å².